The Morgan fingerprint density at radius 1 is 1.50 bits per heavy atom. The van der Waals surface area contributed by atoms with Crippen LogP contribution in [0.15, 0.2) is 18.3 Å². The van der Waals surface area contributed by atoms with E-state index in [2.05, 4.69) is 4.98 Å². The normalized spacial score (nSPS) is 11.4. The lowest BCUT2D eigenvalue weighted by Crippen LogP contribution is -2.21. The van der Waals surface area contributed by atoms with Gasteiger partial charge in [-0.05, 0) is 18.6 Å². The number of hydrogen-bond donors (Lipinski definition) is 1. The second-order valence-electron chi connectivity index (χ2n) is 4.14. The fraction of sp³-hybridized carbons (Fsp3) is 0.455. The molecule has 0 amide bonds. The molecule has 0 unspecified atom stereocenters. The third-order valence-corrected chi connectivity index (χ3v) is 2.29. The van der Waals surface area contributed by atoms with Crippen molar-refractivity contribution in [1.29, 1.82) is 0 Å². The van der Waals surface area contributed by atoms with Crippen molar-refractivity contribution in [3.63, 3.8) is 0 Å². The van der Waals surface area contributed by atoms with Crippen molar-refractivity contribution in [2.75, 3.05) is 0 Å². The Bertz CT molecular complexity index is 328. The Balaban J connectivity index is 2.91. The molecule has 0 saturated heterocycles. The maximum atomic E-state index is 10.6. The maximum Gasteiger partial charge on any atom is 0.304 e. The summed E-state index contributed by atoms with van der Waals surface area (Å²) in [4.78, 5) is 14.8. The molecule has 3 heteroatoms. The van der Waals surface area contributed by atoms with E-state index >= 15 is 0 Å². The van der Waals surface area contributed by atoms with Crippen molar-refractivity contribution in [2.24, 2.45) is 0 Å². The molecule has 3 nitrogen and oxygen atoms in total. The molecule has 1 heterocycles. The number of nitrogens with zero attached hydrogens (tertiary/aromatic N) is 1. The first-order valence-electron chi connectivity index (χ1n) is 4.57. The number of aliphatic carboxylic acids is 1. The molecule has 0 radical (unpaired) electrons. The zero-order valence-corrected chi connectivity index (χ0v) is 8.74. The Hall–Kier alpha value is -1.38. The fourth-order valence-corrected chi connectivity index (χ4v) is 1.35. The van der Waals surface area contributed by atoms with Gasteiger partial charge in [-0.1, -0.05) is 19.9 Å². The maximum absolute atomic E-state index is 10.6. The minimum Gasteiger partial charge on any atom is -0.481 e. The summed E-state index contributed by atoms with van der Waals surface area (Å²) in [7, 11) is 0. The molecule has 0 atom stereocenters. The number of pyridine rings is 1. The first kappa shape index (κ1) is 10.7. The lowest BCUT2D eigenvalue weighted by Gasteiger charge is -2.22. The highest BCUT2D eigenvalue weighted by atomic mass is 16.4. The van der Waals surface area contributed by atoms with Crippen LogP contribution in [0.4, 0.5) is 0 Å². The average Bonchev–Trinajstić information content (AvgIpc) is 2.02. The Morgan fingerprint density at radius 2 is 2.14 bits per heavy atom. The second-order valence-corrected chi connectivity index (χ2v) is 4.14. The fourth-order valence-electron chi connectivity index (χ4n) is 1.35. The van der Waals surface area contributed by atoms with Gasteiger partial charge in [-0.3, -0.25) is 9.78 Å². The summed E-state index contributed by atoms with van der Waals surface area (Å²) in [5, 5.41) is 8.74. The van der Waals surface area contributed by atoms with Gasteiger partial charge in [0, 0.05) is 17.3 Å². The van der Waals surface area contributed by atoms with Crippen LogP contribution >= 0.6 is 0 Å². The first-order valence-corrected chi connectivity index (χ1v) is 4.57. The molecular weight excluding hydrogens is 178 g/mol. The topological polar surface area (TPSA) is 50.2 Å². The molecule has 0 fully saturated rings. The Kier molecular flexibility index (Phi) is 2.89. The van der Waals surface area contributed by atoms with E-state index in [4.69, 9.17) is 5.11 Å². The quantitative estimate of drug-likeness (QED) is 0.800. The largest absolute Gasteiger partial charge is 0.481 e. The summed E-state index contributed by atoms with van der Waals surface area (Å²) in [6.07, 6.45) is 1.87. The van der Waals surface area contributed by atoms with Crippen LogP contribution in [-0.4, -0.2) is 16.1 Å². The summed E-state index contributed by atoms with van der Waals surface area (Å²) in [5.41, 5.74) is 1.55. The van der Waals surface area contributed by atoms with E-state index in [9.17, 15) is 4.79 Å². The summed E-state index contributed by atoms with van der Waals surface area (Å²) in [6.45, 7) is 5.73. The second kappa shape index (κ2) is 3.78. The molecule has 1 rings (SSSR count). The van der Waals surface area contributed by atoms with Crippen LogP contribution in [0.2, 0.25) is 0 Å². The summed E-state index contributed by atoms with van der Waals surface area (Å²) < 4.78 is 0. The smallest absolute Gasteiger partial charge is 0.304 e. The molecule has 0 aliphatic carbocycles. The van der Waals surface area contributed by atoms with Gasteiger partial charge in [0.2, 0.25) is 0 Å². The van der Waals surface area contributed by atoms with Crippen LogP contribution in [0.5, 0.6) is 0 Å². The standard InChI is InChI=1S/C11H15NO2/c1-8-4-5-9(7-12-8)11(2,3)6-10(13)14/h4-5,7H,6H2,1-3H3,(H,13,14). The van der Waals surface area contributed by atoms with Crippen molar-refractivity contribution in [3.8, 4) is 0 Å². The first-order chi connectivity index (χ1) is 6.42. The molecule has 1 N–H and O–H groups in total. The summed E-state index contributed by atoms with van der Waals surface area (Å²) in [6, 6.07) is 3.84. The monoisotopic (exact) mass is 193 g/mol. The van der Waals surface area contributed by atoms with E-state index in [1.807, 2.05) is 32.9 Å². The third-order valence-electron chi connectivity index (χ3n) is 2.29. The van der Waals surface area contributed by atoms with E-state index in [-0.39, 0.29) is 11.8 Å². The molecule has 1 aromatic heterocycles. The summed E-state index contributed by atoms with van der Waals surface area (Å²) >= 11 is 0. The van der Waals surface area contributed by atoms with E-state index in [1.54, 1.807) is 6.20 Å². The van der Waals surface area contributed by atoms with Crippen LogP contribution in [0.1, 0.15) is 31.5 Å². The molecular formula is C11H15NO2. The zero-order chi connectivity index (χ0) is 10.8. The van der Waals surface area contributed by atoms with Crippen LogP contribution in [0, 0.1) is 6.92 Å². The van der Waals surface area contributed by atoms with Gasteiger partial charge in [-0.25, -0.2) is 0 Å². The number of hydrogen-bond acceptors (Lipinski definition) is 2. The highest BCUT2D eigenvalue weighted by molar-refractivity contribution is 5.68. The van der Waals surface area contributed by atoms with Gasteiger partial charge < -0.3 is 5.11 Å². The minimum absolute atomic E-state index is 0.123. The van der Waals surface area contributed by atoms with Crippen LogP contribution in [0.3, 0.4) is 0 Å². The van der Waals surface area contributed by atoms with E-state index in [1.165, 1.54) is 0 Å². The summed E-state index contributed by atoms with van der Waals surface area (Å²) in [5.74, 6) is -0.782. The van der Waals surface area contributed by atoms with Crippen molar-refractivity contribution < 1.29 is 9.90 Å². The van der Waals surface area contributed by atoms with E-state index in [0.717, 1.165) is 11.3 Å². The molecule has 0 bridgehead atoms. The highest BCUT2D eigenvalue weighted by Crippen LogP contribution is 2.26. The number of aryl methyl sites for hydroxylation is 1. The average molecular weight is 193 g/mol. The number of aromatic nitrogens is 1. The molecule has 0 aliphatic rings. The van der Waals surface area contributed by atoms with Crippen molar-refractivity contribution in [1.82, 2.24) is 4.98 Å². The van der Waals surface area contributed by atoms with Gasteiger partial charge in [0.1, 0.15) is 0 Å². The van der Waals surface area contributed by atoms with E-state index < -0.39 is 5.97 Å². The minimum atomic E-state index is -0.782. The van der Waals surface area contributed by atoms with Crippen molar-refractivity contribution in [3.05, 3.63) is 29.6 Å². The molecule has 0 aromatic carbocycles. The highest BCUT2D eigenvalue weighted by Gasteiger charge is 2.24. The zero-order valence-electron chi connectivity index (χ0n) is 8.74. The number of carbonyl (C=O) groups is 1. The molecule has 0 spiro atoms. The lowest BCUT2D eigenvalue weighted by molar-refractivity contribution is -0.138. The van der Waals surface area contributed by atoms with Crippen LogP contribution in [-0.2, 0) is 10.2 Å². The number of carboxylic acid groups (broad SMARTS) is 1. The molecule has 76 valence electrons. The van der Waals surface area contributed by atoms with Gasteiger partial charge in [-0.15, -0.1) is 0 Å². The van der Waals surface area contributed by atoms with E-state index in [0.29, 0.717) is 0 Å². The molecule has 14 heavy (non-hydrogen) atoms. The SMILES string of the molecule is Cc1ccc(C(C)(C)CC(=O)O)cn1. The van der Waals surface area contributed by atoms with Crippen molar-refractivity contribution >= 4 is 5.97 Å². The van der Waals surface area contributed by atoms with Gasteiger partial charge in [0.25, 0.3) is 0 Å². The van der Waals surface area contributed by atoms with Gasteiger partial charge in [-0.2, -0.15) is 0 Å². The Morgan fingerprint density at radius 3 is 2.57 bits per heavy atom. The lowest BCUT2D eigenvalue weighted by atomic mass is 9.82. The van der Waals surface area contributed by atoms with Gasteiger partial charge in [0.05, 0.1) is 6.42 Å². The number of carboxylic acids is 1. The number of rotatable bonds is 3. The van der Waals surface area contributed by atoms with Gasteiger partial charge in [0.15, 0.2) is 0 Å². The van der Waals surface area contributed by atoms with Crippen LogP contribution < -0.4 is 0 Å². The van der Waals surface area contributed by atoms with Gasteiger partial charge >= 0.3 is 5.97 Å². The Labute approximate surface area is 83.8 Å². The van der Waals surface area contributed by atoms with Crippen molar-refractivity contribution in [2.45, 2.75) is 32.6 Å². The molecule has 0 aliphatic heterocycles. The molecule has 1 aromatic rings. The predicted octanol–water partition coefficient (Wildman–Crippen LogP) is 2.14. The molecule has 0 saturated carbocycles. The third kappa shape index (κ3) is 2.55. The van der Waals surface area contributed by atoms with Crippen LogP contribution in [0.25, 0.3) is 0 Å². The predicted molar refractivity (Wildman–Crippen MR) is 54.3 cm³/mol.